The Hall–Kier alpha value is -3.56. The summed E-state index contributed by atoms with van der Waals surface area (Å²) in [5, 5.41) is 2.99. The van der Waals surface area contributed by atoms with E-state index in [0.717, 1.165) is 11.1 Å². The Bertz CT molecular complexity index is 1350. The smallest absolute Gasteiger partial charge is 0.238 e. The second-order valence-electron chi connectivity index (χ2n) is 8.30. The number of aliphatic imine (C=N–C) groups is 1. The third kappa shape index (κ3) is 6.42. The van der Waals surface area contributed by atoms with Gasteiger partial charge in [0.1, 0.15) is 11.1 Å². The van der Waals surface area contributed by atoms with Gasteiger partial charge in [0.15, 0.2) is 16.7 Å². The molecule has 2 amide bonds. The molecule has 1 N–H and O–H groups in total. The number of amides is 2. The molecule has 1 fully saturated rings. The van der Waals surface area contributed by atoms with Gasteiger partial charge in [-0.05, 0) is 66.6 Å². The summed E-state index contributed by atoms with van der Waals surface area (Å²) in [5.74, 6) is 0.0988. The summed E-state index contributed by atoms with van der Waals surface area (Å²) in [5.41, 5.74) is 2.68. The molecule has 0 aliphatic carbocycles. The normalized spacial score (nSPS) is 16.6. The number of rotatable bonds is 7. The van der Waals surface area contributed by atoms with Crippen LogP contribution in [0.4, 0.5) is 15.8 Å². The number of carbonyl (C=O) groups excluding carboxylic acids is 2. The lowest BCUT2D eigenvalue weighted by molar-refractivity contribution is -0.129. The molecule has 4 rings (SSSR count). The van der Waals surface area contributed by atoms with Crippen molar-refractivity contribution >= 4 is 51.7 Å². The number of ether oxygens (including phenoxy) is 2. The zero-order valence-corrected chi connectivity index (χ0v) is 22.0. The van der Waals surface area contributed by atoms with Crippen LogP contribution in [0.3, 0.4) is 0 Å². The van der Waals surface area contributed by atoms with Gasteiger partial charge in [-0.2, -0.15) is 0 Å². The lowest BCUT2D eigenvalue weighted by Gasteiger charge is -2.32. The number of methoxy groups -OCH3 is 2. The molecule has 1 aliphatic heterocycles. The van der Waals surface area contributed by atoms with Gasteiger partial charge >= 0.3 is 0 Å². The van der Waals surface area contributed by atoms with E-state index in [2.05, 4.69) is 10.3 Å². The molecule has 0 spiro atoms. The van der Waals surface area contributed by atoms with Crippen LogP contribution in [0.25, 0.3) is 0 Å². The average Bonchev–Trinajstić information content (AvgIpc) is 2.89. The van der Waals surface area contributed by atoms with Crippen molar-refractivity contribution < 1.29 is 23.5 Å². The van der Waals surface area contributed by atoms with Gasteiger partial charge in [0.05, 0.1) is 26.5 Å². The van der Waals surface area contributed by atoms with E-state index < -0.39 is 11.1 Å². The van der Waals surface area contributed by atoms with Crippen LogP contribution in [0.1, 0.15) is 17.5 Å². The first-order chi connectivity index (χ1) is 17.8. The molecule has 0 aromatic heterocycles. The SMILES string of the molecule is COc1ccc(CN2C(=O)CC(C(=O)Nc3ccc(C)c(Cl)c3)SC2=Nc2ccc(F)cc2)cc1OC. The Balaban J connectivity index is 1.61. The molecule has 3 aromatic rings. The Morgan fingerprint density at radius 2 is 1.84 bits per heavy atom. The highest BCUT2D eigenvalue weighted by molar-refractivity contribution is 8.15. The van der Waals surface area contributed by atoms with Crippen molar-refractivity contribution in [3.8, 4) is 11.5 Å². The molecular weight excluding hydrogens is 517 g/mol. The fraction of sp³-hybridized carbons (Fsp3) is 0.222. The number of carbonyl (C=O) groups is 2. The van der Waals surface area contributed by atoms with Gasteiger partial charge in [-0.15, -0.1) is 0 Å². The van der Waals surface area contributed by atoms with Gasteiger partial charge in [0, 0.05) is 17.1 Å². The third-order valence-electron chi connectivity index (χ3n) is 5.71. The number of benzene rings is 3. The number of hydrogen-bond acceptors (Lipinski definition) is 6. The topological polar surface area (TPSA) is 80.2 Å². The van der Waals surface area contributed by atoms with Crippen LogP contribution in [-0.4, -0.2) is 41.4 Å². The summed E-state index contributed by atoms with van der Waals surface area (Å²) < 4.78 is 24.1. The summed E-state index contributed by atoms with van der Waals surface area (Å²) in [6.45, 7) is 2.07. The van der Waals surface area contributed by atoms with Gasteiger partial charge in [-0.3, -0.25) is 14.5 Å². The second kappa shape index (κ2) is 11.7. The van der Waals surface area contributed by atoms with Crippen molar-refractivity contribution in [2.24, 2.45) is 4.99 Å². The largest absolute Gasteiger partial charge is 0.493 e. The number of halogens is 2. The summed E-state index contributed by atoms with van der Waals surface area (Å²) in [6, 6.07) is 16.2. The Labute approximate surface area is 223 Å². The Morgan fingerprint density at radius 3 is 2.51 bits per heavy atom. The molecule has 1 atom stereocenters. The third-order valence-corrected chi connectivity index (χ3v) is 7.31. The van der Waals surface area contributed by atoms with E-state index >= 15 is 0 Å². The molecule has 1 heterocycles. The second-order valence-corrected chi connectivity index (χ2v) is 9.88. The predicted octanol–water partition coefficient (Wildman–Crippen LogP) is 5.97. The molecule has 1 saturated heterocycles. The van der Waals surface area contributed by atoms with Gasteiger partial charge in [0.2, 0.25) is 11.8 Å². The number of nitrogens with zero attached hydrogens (tertiary/aromatic N) is 2. The maximum Gasteiger partial charge on any atom is 0.238 e. The first-order valence-corrected chi connectivity index (χ1v) is 12.6. The molecule has 0 saturated carbocycles. The number of amidine groups is 1. The van der Waals surface area contributed by atoms with E-state index in [4.69, 9.17) is 21.1 Å². The highest BCUT2D eigenvalue weighted by Gasteiger charge is 2.36. The molecule has 0 radical (unpaired) electrons. The van der Waals surface area contributed by atoms with E-state index in [1.54, 1.807) is 31.4 Å². The highest BCUT2D eigenvalue weighted by atomic mass is 35.5. The van der Waals surface area contributed by atoms with Crippen LogP contribution < -0.4 is 14.8 Å². The number of hydrogen-bond donors (Lipinski definition) is 1. The Morgan fingerprint density at radius 1 is 1.11 bits per heavy atom. The van der Waals surface area contributed by atoms with Crippen molar-refractivity contribution in [2.45, 2.75) is 25.1 Å². The molecule has 192 valence electrons. The van der Waals surface area contributed by atoms with Crippen LogP contribution in [0, 0.1) is 12.7 Å². The van der Waals surface area contributed by atoms with Crippen LogP contribution in [0.15, 0.2) is 65.7 Å². The van der Waals surface area contributed by atoms with Crippen LogP contribution >= 0.6 is 23.4 Å². The first-order valence-electron chi connectivity index (χ1n) is 11.4. The maximum atomic E-state index is 13.5. The van der Waals surface area contributed by atoms with E-state index in [1.807, 2.05) is 19.1 Å². The van der Waals surface area contributed by atoms with Crippen LogP contribution in [0.2, 0.25) is 5.02 Å². The molecule has 37 heavy (non-hydrogen) atoms. The van der Waals surface area contributed by atoms with Gasteiger partial charge in [-0.1, -0.05) is 35.5 Å². The lowest BCUT2D eigenvalue weighted by Crippen LogP contribution is -2.44. The predicted molar refractivity (Wildman–Crippen MR) is 144 cm³/mol. The fourth-order valence-electron chi connectivity index (χ4n) is 3.68. The average molecular weight is 542 g/mol. The zero-order chi connectivity index (χ0) is 26.5. The van der Waals surface area contributed by atoms with E-state index in [1.165, 1.54) is 48.0 Å². The molecule has 1 unspecified atom stereocenters. The van der Waals surface area contributed by atoms with Crippen molar-refractivity contribution in [3.05, 3.63) is 82.6 Å². The monoisotopic (exact) mass is 541 g/mol. The quantitative estimate of drug-likeness (QED) is 0.399. The van der Waals surface area contributed by atoms with E-state index in [9.17, 15) is 14.0 Å². The maximum absolute atomic E-state index is 13.5. The molecular formula is C27H25ClFN3O4S. The summed E-state index contributed by atoms with van der Waals surface area (Å²) in [7, 11) is 3.08. The van der Waals surface area contributed by atoms with Crippen molar-refractivity contribution in [1.82, 2.24) is 4.90 Å². The highest BCUT2D eigenvalue weighted by Crippen LogP contribution is 2.33. The summed E-state index contributed by atoms with van der Waals surface area (Å²) >= 11 is 7.36. The standard InChI is InChI=1S/C27H25ClFN3O4S/c1-16-4-8-20(13-21(16)28)30-26(34)24-14-25(33)32(15-17-5-11-22(35-2)23(12-17)36-3)27(37-24)31-19-9-6-18(29)7-10-19/h4-13,24H,14-15H2,1-3H3,(H,30,34). The first kappa shape index (κ1) is 26.5. The van der Waals surface area contributed by atoms with Crippen molar-refractivity contribution in [1.29, 1.82) is 0 Å². The minimum Gasteiger partial charge on any atom is -0.493 e. The Kier molecular flexibility index (Phi) is 8.35. The van der Waals surface area contributed by atoms with Gasteiger partial charge < -0.3 is 14.8 Å². The minimum absolute atomic E-state index is 0.0220. The van der Waals surface area contributed by atoms with Crippen LogP contribution in [-0.2, 0) is 16.1 Å². The number of thioether (sulfide) groups is 1. The van der Waals surface area contributed by atoms with Crippen molar-refractivity contribution in [2.75, 3.05) is 19.5 Å². The zero-order valence-electron chi connectivity index (χ0n) is 20.5. The molecule has 3 aromatic carbocycles. The fourth-order valence-corrected chi connectivity index (χ4v) is 4.96. The number of aryl methyl sites for hydroxylation is 1. The molecule has 0 bridgehead atoms. The van der Waals surface area contributed by atoms with Crippen LogP contribution in [0.5, 0.6) is 11.5 Å². The van der Waals surface area contributed by atoms with Crippen molar-refractivity contribution in [3.63, 3.8) is 0 Å². The molecule has 1 aliphatic rings. The number of anilines is 1. The lowest BCUT2D eigenvalue weighted by atomic mass is 10.1. The summed E-state index contributed by atoms with van der Waals surface area (Å²) in [6.07, 6.45) is -0.0220. The molecule has 10 heteroatoms. The van der Waals surface area contributed by atoms with Gasteiger partial charge in [0.25, 0.3) is 0 Å². The molecule has 7 nitrogen and oxygen atoms in total. The summed E-state index contributed by atoms with van der Waals surface area (Å²) in [4.78, 5) is 32.5. The minimum atomic E-state index is -0.714. The van der Waals surface area contributed by atoms with Gasteiger partial charge in [-0.25, -0.2) is 9.38 Å². The van der Waals surface area contributed by atoms with E-state index in [-0.39, 0.29) is 24.8 Å². The van der Waals surface area contributed by atoms with E-state index in [0.29, 0.717) is 33.1 Å². The number of nitrogens with one attached hydrogen (secondary N) is 1.